The molecule has 1 aliphatic rings. The zero-order valence-corrected chi connectivity index (χ0v) is 16.8. The van der Waals surface area contributed by atoms with Crippen molar-refractivity contribution in [3.8, 4) is 11.5 Å². The summed E-state index contributed by atoms with van der Waals surface area (Å²) in [5.74, 6) is 0.891. The van der Waals surface area contributed by atoms with Crippen molar-refractivity contribution in [2.24, 2.45) is 0 Å². The molecular formula is C20H24N2O5S. The number of ether oxygens (including phenoxy) is 2. The average Bonchev–Trinajstić information content (AvgIpc) is 2.91. The number of hydrogen-bond donors (Lipinski definition) is 1. The largest absolute Gasteiger partial charge is 0.490 e. The molecule has 3 rings (SSSR count). The van der Waals surface area contributed by atoms with E-state index in [1.54, 1.807) is 29.2 Å². The number of hydrogen-bond acceptors (Lipinski definition) is 5. The molecule has 150 valence electrons. The first kappa shape index (κ1) is 20.0. The summed E-state index contributed by atoms with van der Waals surface area (Å²) < 4.78 is 39.6. The van der Waals surface area contributed by atoms with Gasteiger partial charge in [0.15, 0.2) is 11.5 Å². The Bertz CT molecular complexity index is 959. The summed E-state index contributed by atoms with van der Waals surface area (Å²) in [4.78, 5) is 13.5. The Morgan fingerprint density at radius 2 is 1.82 bits per heavy atom. The van der Waals surface area contributed by atoms with Gasteiger partial charge in [-0.25, -0.2) is 8.42 Å². The van der Waals surface area contributed by atoms with Gasteiger partial charge >= 0.3 is 0 Å². The summed E-state index contributed by atoms with van der Waals surface area (Å²) in [6, 6.07) is 11.6. The molecule has 0 bridgehead atoms. The van der Waals surface area contributed by atoms with Crippen LogP contribution in [-0.2, 0) is 21.4 Å². The molecule has 0 fully saturated rings. The third-order valence-electron chi connectivity index (χ3n) is 4.48. The van der Waals surface area contributed by atoms with Gasteiger partial charge in [0.1, 0.15) is 0 Å². The van der Waals surface area contributed by atoms with Crippen molar-refractivity contribution in [3.05, 3.63) is 48.0 Å². The standard InChI is InChI=1S/C20H24N2O5S/c1-3-22(15(2)23)14-16-7-4-5-8-18(16)21-28(24,25)17-9-10-19-20(13-17)27-12-6-11-26-19/h4-5,7-10,13,21H,3,6,11-12,14H2,1-2H3. The van der Waals surface area contributed by atoms with Crippen molar-refractivity contribution < 1.29 is 22.7 Å². The van der Waals surface area contributed by atoms with Crippen LogP contribution in [0.2, 0.25) is 0 Å². The lowest BCUT2D eigenvalue weighted by Gasteiger charge is -2.21. The van der Waals surface area contributed by atoms with Crippen LogP contribution >= 0.6 is 0 Å². The average molecular weight is 404 g/mol. The van der Waals surface area contributed by atoms with Gasteiger partial charge in [-0.2, -0.15) is 0 Å². The normalized spacial score (nSPS) is 13.5. The van der Waals surface area contributed by atoms with E-state index < -0.39 is 10.0 Å². The molecule has 0 aromatic heterocycles. The lowest BCUT2D eigenvalue weighted by molar-refractivity contribution is -0.129. The van der Waals surface area contributed by atoms with Gasteiger partial charge in [-0.3, -0.25) is 9.52 Å². The molecule has 0 unspecified atom stereocenters. The fraction of sp³-hybridized carbons (Fsp3) is 0.350. The fourth-order valence-corrected chi connectivity index (χ4v) is 4.04. The summed E-state index contributed by atoms with van der Waals surface area (Å²) in [5.41, 5.74) is 1.16. The topological polar surface area (TPSA) is 84.9 Å². The van der Waals surface area contributed by atoms with E-state index in [1.807, 2.05) is 13.0 Å². The second-order valence-electron chi connectivity index (χ2n) is 6.45. The molecule has 0 radical (unpaired) electrons. The zero-order chi connectivity index (χ0) is 20.1. The number of amides is 1. The van der Waals surface area contributed by atoms with Gasteiger partial charge in [-0.1, -0.05) is 18.2 Å². The van der Waals surface area contributed by atoms with Crippen LogP contribution in [0.15, 0.2) is 47.4 Å². The SMILES string of the molecule is CCN(Cc1ccccc1NS(=O)(=O)c1ccc2c(c1)OCCCO2)C(C)=O. The Morgan fingerprint density at radius 3 is 2.54 bits per heavy atom. The van der Waals surface area contributed by atoms with E-state index in [4.69, 9.17) is 9.47 Å². The van der Waals surface area contributed by atoms with Gasteiger partial charge in [0.25, 0.3) is 10.0 Å². The van der Waals surface area contributed by atoms with Crippen LogP contribution in [0, 0.1) is 0 Å². The number of benzene rings is 2. The van der Waals surface area contributed by atoms with Crippen LogP contribution in [0.1, 0.15) is 25.8 Å². The van der Waals surface area contributed by atoms with Crippen molar-refractivity contribution in [2.75, 3.05) is 24.5 Å². The second-order valence-corrected chi connectivity index (χ2v) is 8.14. The molecule has 0 atom stereocenters. The number of nitrogens with zero attached hydrogens (tertiary/aromatic N) is 1. The third-order valence-corrected chi connectivity index (χ3v) is 5.84. The molecular weight excluding hydrogens is 380 g/mol. The number of sulfonamides is 1. The number of anilines is 1. The number of nitrogens with one attached hydrogen (secondary N) is 1. The van der Waals surface area contributed by atoms with Gasteiger partial charge in [0, 0.05) is 32.5 Å². The van der Waals surface area contributed by atoms with Crippen LogP contribution in [0.3, 0.4) is 0 Å². The van der Waals surface area contributed by atoms with Crippen LogP contribution in [0.4, 0.5) is 5.69 Å². The van der Waals surface area contributed by atoms with E-state index >= 15 is 0 Å². The maximum atomic E-state index is 12.9. The van der Waals surface area contributed by atoms with Gasteiger partial charge in [-0.05, 0) is 30.7 Å². The quantitative estimate of drug-likeness (QED) is 0.800. The Balaban J connectivity index is 1.87. The van der Waals surface area contributed by atoms with Gasteiger partial charge in [-0.15, -0.1) is 0 Å². The highest BCUT2D eigenvalue weighted by atomic mass is 32.2. The summed E-state index contributed by atoms with van der Waals surface area (Å²) >= 11 is 0. The summed E-state index contributed by atoms with van der Waals surface area (Å²) in [6.07, 6.45) is 0.743. The number of carbonyl (C=O) groups is 1. The molecule has 0 saturated heterocycles. The van der Waals surface area contributed by atoms with Crippen molar-refractivity contribution in [3.63, 3.8) is 0 Å². The highest BCUT2D eigenvalue weighted by molar-refractivity contribution is 7.92. The van der Waals surface area contributed by atoms with Crippen molar-refractivity contribution in [2.45, 2.75) is 31.7 Å². The molecule has 7 nitrogen and oxygen atoms in total. The predicted molar refractivity (Wildman–Crippen MR) is 106 cm³/mol. The molecule has 0 saturated carbocycles. The Kier molecular flexibility index (Phi) is 6.08. The molecule has 1 heterocycles. The number of fused-ring (bicyclic) bond motifs is 1. The highest BCUT2D eigenvalue weighted by Gasteiger charge is 2.20. The molecule has 1 aliphatic heterocycles. The molecule has 2 aromatic carbocycles. The first-order chi connectivity index (χ1) is 13.4. The summed E-state index contributed by atoms with van der Waals surface area (Å²) in [6.45, 7) is 5.25. The number of para-hydroxylation sites is 1. The minimum absolute atomic E-state index is 0.0666. The maximum absolute atomic E-state index is 12.9. The van der Waals surface area contributed by atoms with E-state index in [-0.39, 0.29) is 10.8 Å². The van der Waals surface area contributed by atoms with Gasteiger partial charge in [0.05, 0.1) is 23.8 Å². The molecule has 1 N–H and O–H groups in total. The minimum atomic E-state index is -3.83. The smallest absolute Gasteiger partial charge is 0.262 e. The monoisotopic (exact) mass is 404 g/mol. The van der Waals surface area contributed by atoms with Crippen molar-refractivity contribution >= 4 is 21.6 Å². The molecule has 8 heteroatoms. The Labute approximate surface area is 165 Å². The highest BCUT2D eigenvalue weighted by Crippen LogP contribution is 2.32. The Hall–Kier alpha value is -2.74. The van der Waals surface area contributed by atoms with Crippen molar-refractivity contribution in [1.29, 1.82) is 0 Å². The van der Waals surface area contributed by atoms with Crippen LogP contribution < -0.4 is 14.2 Å². The summed E-state index contributed by atoms with van der Waals surface area (Å²) in [7, 11) is -3.83. The molecule has 28 heavy (non-hydrogen) atoms. The van der Waals surface area contributed by atoms with E-state index in [9.17, 15) is 13.2 Å². The predicted octanol–water partition coefficient (Wildman–Crippen LogP) is 3.02. The maximum Gasteiger partial charge on any atom is 0.262 e. The molecule has 0 spiro atoms. The number of carbonyl (C=O) groups excluding carboxylic acids is 1. The molecule has 2 aromatic rings. The van der Waals surface area contributed by atoms with Crippen molar-refractivity contribution in [1.82, 2.24) is 4.90 Å². The first-order valence-corrected chi connectivity index (χ1v) is 10.6. The van der Waals surface area contributed by atoms with Crippen LogP contribution in [0.25, 0.3) is 0 Å². The summed E-state index contributed by atoms with van der Waals surface area (Å²) in [5, 5.41) is 0. The fourth-order valence-electron chi connectivity index (χ4n) is 2.92. The lowest BCUT2D eigenvalue weighted by Crippen LogP contribution is -2.28. The van der Waals surface area contributed by atoms with E-state index in [2.05, 4.69) is 4.72 Å². The lowest BCUT2D eigenvalue weighted by atomic mass is 10.1. The van der Waals surface area contributed by atoms with Gasteiger partial charge in [0.2, 0.25) is 5.91 Å². The van der Waals surface area contributed by atoms with E-state index in [0.29, 0.717) is 43.5 Å². The second kappa shape index (κ2) is 8.52. The van der Waals surface area contributed by atoms with Gasteiger partial charge < -0.3 is 14.4 Å². The van der Waals surface area contributed by atoms with E-state index in [0.717, 1.165) is 12.0 Å². The molecule has 1 amide bonds. The zero-order valence-electron chi connectivity index (χ0n) is 16.0. The minimum Gasteiger partial charge on any atom is -0.490 e. The third kappa shape index (κ3) is 4.56. The van der Waals surface area contributed by atoms with Crippen LogP contribution in [0.5, 0.6) is 11.5 Å². The molecule has 0 aliphatic carbocycles. The number of rotatable bonds is 6. The first-order valence-electron chi connectivity index (χ1n) is 9.16. The van der Waals surface area contributed by atoms with E-state index in [1.165, 1.54) is 19.1 Å². The van der Waals surface area contributed by atoms with Crippen LogP contribution in [-0.4, -0.2) is 39.0 Å². The Morgan fingerprint density at radius 1 is 1.11 bits per heavy atom.